The predicted octanol–water partition coefficient (Wildman–Crippen LogP) is 3.89. The molecule has 0 amide bonds. The van der Waals surface area contributed by atoms with E-state index in [1.807, 2.05) is 49.3 Å². The number of hydrogen-bond donors (Lipinski definition) is 4. The summed E-state index contributed by atoms with van der Waals surface area (Å²) in [7, 11) is -0.168. The van der Waals surface area contributed by atoms with Crippen LogP contribution in [-0.2, 0) is 10.0 Å². The number of aromatic amines is 1. The number of carbonyl (C=O) groups is 1. The first-order chi connectivity index (χ1) is 17.6. The number of rotatable bonds is 9. The fourth-order valence-electron chi connectivity index (χ4n) is 4.05. The maximum Gasteiger partial charge on any atom is 0.336 e. The van der Waals surface area contributed by atoms with E-state index in [1.54, 1.807) is 31.2 Å². The van der Waals surface area contributed by atoms with Crippen molar-refractivity contribution >= 4 is 38.3 Å². The number of carboxylic acids is 1. The lowest BCUT2D eigenvalue weighted by molar-refractivity contribution is 0.0696. The molecule has 0 spiro atoms. The monoisotopic (exact) mass is 520 g/mol. The second kappa shape index (κ2) is 10.6. The van der Waals surface area contributed by atoms with Crippen LogP contribution in [0.25, 0.3) is 10.9 Å². The van der Waals surface area contributed by atoms with Crippen LogP contribution in [0.5, 0.6) is 5.88 Å². The number of aryl methyl sites for hydroxylation is 1. The number of benzene rings is 3. The van der Waals surface area contributed by atoms with Crippen molar-refractivity contribution < 1.29 is 23.4 Å². The van der Waals surface area contributed by atoms with Gasteiger partial charge in [-0.05, 0) is 50.8 Å². The van der Waals surface area contributed by atoms with E-state index in [9.17, 15) is 23.4 Å². The van der Waals surface area contributed by atoms with Gasteiger partial charge >= 0.3 is 5.97 Å². The second-order valence-corrected chi connectivity index (χ2v) is 10.6. The molecule has 0 aliphatic rings. The number of carboxylic acid groups (broad SMARTS) is 1. The van der Waals surface area contributed by atoms with Crippen molar-refractivity contribution in [2.75, 3.05) is 27.2 Å². The lowest BCUT2D eigenvalue weighted by Gasteiger charge is -2.13. The molecule has 192 valence electrons. The minimum Gasteiger partial charge on any atom is -0.494 e. The summed E-state index contributed by atoms with van der Waals surface area (Å²) in [5, 5.41) is 21.0. The largest absolute Gasteiger partial charge is 0.494 e. The smallest absolute Gasteiger partial charge is 0.336 e. The van der Waals surface area contributed by atoms with Crippen LogP contribution in [0.3, 0.4) is 0 Å². The number of aromatic hydroxyl groups is 1. The fraction of sp³-hybridized carbons (Fsp3) is 0.185. The molecule has 0 aliphatic heterocycles. The Morgan fingerprint density at radius 1 is 1.05 bits per heavy atom. The summed E-state index contributed by atoms with van der Waals surface area (Å²) in [6.45, 7) is 2.44. The molecule has 0 bridgehead atoms. The number of nitrogens with one attached hydrogen (secondary N) is 2. The van der Waals surface area contributed by atoms with Crippen molar-refractivity contribution in [1.29, 1.82) is 0 Å². The van der Waals surface area contributed by atoms with E-state index in [0.717, 1.165) is 0 Å². The van der Waals surface area contributed by atoms with Gasteiger partial charge in [-0.3, -0.25) is 0 Å². The number of likely N-dealkylation sites (N-methyl/N-ethyl adjacent to an activating group) is 1. The van der Waals surface area contributed by atoms with Gasteiger partial charge in [-0.25, -0.2) is 22.9 Å². The number of aliphatic imine (C=N–C) groups is 1. The normalized spacial score (nSPS) is 12.4. The molecule has 0 aliphatic carbocycles. The first kappa shape index (κ1) is 26.1. The van der Waals surface area contributed by atoms with E-state index in [4.69, 9.17) is 4.99 Å². The third-order valence-electron chi connectivity index (χ3n) is 5.88. The average Bonchev–Trinajstić information content (AvgIpc) is 3.16. The topological polar surface area (TPSA) is 135 Å². The number of aromatic carboxylic acids is 1. The predicted molar refractivity (Wildman–Crippen MR) is 144 cm³/mol. The molecule has 0 saturated carbocycles. The summed E-state index contributed by atoms with van der Waals surface area (Å²) >= 11 is 0. The lowest BCUT2D eigenvalue weighted by Crippen LogP contribution is -2.31. The van der Waals surface area contributed by atoms with E-state index in [-0.39, 0.29) is 28.6 Å². The summed E-state index contributed by atoms with van der Waals surface area (Å²) < 4.78 is 28.9. The first-order valence-corrected chi connectivity index (χ1v) is 13.0. The number of aromatic nitrogens is 1. The van der Waals surface area contributed by atoms with E-state index in [0.29, 0.717) is 39.8 Å². The summed E-state index contributed by atoms with van der Waals surface area (Å²) in [4.78, 5) is 21.1. The van der Waals surface area contributed by atoms with Gasteiger partial charge in [-0.1, -0.05) is 42.5 Å². The fourth-order valence-corrected chi connectivity index (χ4v) is 5.21. The van der Waals surface area contributed by atoms with Gasteiger partial charge in [-0.2, -0.15) is 0 Å². The maximum absolute atomic E-state index is 13.2. The molecule has 9 nitrogen and oxygen atoms in total. The van der Waals surface area contributed by atoms with Gasteiger partial charge in [0.05, 0.1) is 22.5 Å². The van der Waals surface area contributed by atoms with Crippen molar-refractivity contribution in [3.63, 3.8) is 0 Å². The van der Waals surface area contributed by atoms with E-state index in [2.05, 4.69) is 9.71 Å². The molecule has 0 radical (unpaired) electrons. The highest BCUT2D eigenvalue weighted by Gasteiger charge is 2.23. The standard InChI is InChI=1S/C27H28N4O5S/c1-17-15-20-22(16-19(17)27(33)34)30-26(32)24(20)25(18-9-5-4-6-10-18)29-21-11-7-8-12-23(21)37(35,36)28-13-14-31(2)3/h4-12,15-16,28,30,32H,13-14H2,1-3H3,(H,33,34). The van der Waals surface area contributed by atoms with Crippen LogP contribution in [0, 0.1) is 6.92 Å². The molecule has 1 aromatic heterocycles. The second-order valence-electron chi connectivity index (χ2n) is 8.86. The number of hydrogen-bond acceptors (Lipinski definition) is 6. The van der Waals surface area contributed by atoms with Crippen LogP contribution in [0.15, 0.2) is 76.6 Å². The minimum atomic E-state index is -3.88. The Bertz CT molecular complexity index is 1590. The number of H-pyrrole nitrogens is 1. The van der Waals surface area contributed by atoms with E-state index >= 15 is 0 Å². The Hall–Kier alpha value is -3.99. The number of nitrogens with zero attached hydrogens (tertiary/aromatic N) is 2. The van der Waals surface area contributed by atoms with Gasteiger partial charge in [-0.15, -0.1) is 0 Å². The van der Waals surface area contributed by atoms with Crippen molar-refractivity contribution in [3.05, 3.63) is 89.0 Å². The maximum atomic E-state index is 13.2. The Labute approximate surface area is 215 Å². The molecule has 0 saturated heterocycles. The third kappa shape index (κ3) is 5.56. The quantitative estimate of drug-likeness (QED) is 0.247. The SMILES string of the molecule is Cc1cc2c(C(=Nc3ccccc3S(=O)(=O)NCCN(C)C)c3ccccc3)c(O)[nH]c2cc1C(=O)O. The van der Waals surface area contributed by atoms with Crippen molar-refractivity contribution in [2.45, 2.75) is 11.8 Å². The molecule has 37 heavy (non-hydrogen) atoms. The van der Waals surface area contributed by atoms with Gasteiger partial charge in [0.1, 0.15) is 4.90 Å². The van der Waals surface area contributed by atoms with Crippen LogP contribution in [0.1, 0.15) is 27.0 Å². The zero-order valence-electron chi connectivity index (χ0n) is 20.7. The molecule has 0 atom stereocenters. The molecule has 3 aromatic carbocycles. The van der Waals surface area contributed by atoms with Gasteiger partial charge in [0, 0.05) is 29.6 Å². The zero-order valence-corrected chi connectivity index (χ0v) is 21.5. The van der Waals surface area contributed by atoms with Crippen molar-refractivity contribution in [1.82, 2.24) is 14.6 Å². The van der Waals surface area contributed by atoms with Gasteiger partial charge < -0.3 is 20.1 Å². The lowest BCUT2D eigenvalue weighted by atomic mass is 9.98. The summed E-state index contributed by atoms with van der Waals surface area (Å²) in [5.41, 5.74) is 2.57. The van der Waals surface area contributed by atoms with Crippen LogP contribution < -0.4 is 4.72 Å². The van der Waals surface area contributed by atoms with Gasteiger partial charge in [0.15, 0.2) is 5.88 Å². The zero-order chi connectivity index (χ0) is 26.7. The highest BCUT2D eigenvalue weighted by molar-refractivity contribution is 7.89. The number of fused-ring (bicyclic) bond motifs is 1. The highest BCUT2D eigenvalue weighted by Crippen LogP contribution is 2.34. The minimum absolute atomic E-state index is 0.00543. The molecule has 4 rings (SSSR count). The van der Waals surface area contributed by atoms with Crippen LogP contribution >= 0.6 is 0 Å². The Kier molecular flexibility index (Phi) is 7.44. The molecule has 0 fully saturated rings. The highest BCUT2D eigenvalue weighted by atomic mass is 32.2. The molecular formula is C27H28N4O5S. The van der Waals surface area contributed by atoms with Gasteiger partial charge in [0.25, 0.3) is 0 Å². The molecule has 0 unspecified atom stereocenters. The first-order valence-electron chi connectivity index (χ1n) is 11.5. The van der Waals surface area contributed by atoms with Crippen LogP contribution in [0.2, 0.25) is 0 Å². The number of para-hydroxylation sites is 1. The number of sulfonamides is 1. The Morgan fingerprint density at radius 2 is 1.73 bits per heavy atom. The van der Waals surface area contributed by atoms with E-state index < -0.39 is 16.0 Å². The average molecular weight is 521 g/mol. The third-order valence-corrected chi connectivity index (χ3v) is 7.38. The van der Waals surface area contributed by atoms with Crippen LogP contribution in [-0.4, -0.2) is 67.4 Å². The molecular weight excluding hydrogens is 492 g/mol. The van der Waals surface area contributed by atoms with Crippen molar-refractivity contribution in [2.24, 2.45) is 4.99 Å². The summed E-state index contributed by atoms with van der Waals surface area (Å²) in [6, 6.07) is 18.6. The Balaban J connectivity index is 1.93. The molecule has 4 N–H and O–H groups in total. The van der Waals surface area contributed by atoms with E-state index in [1.165, 1.54) is 12.1 Å². The van der Waals surface area contributed by atoms with Crippen LogP contribution in [0.4, 0.5) is 5.69 Å². The summed E-state index contributed by atoms with van der Waals surface area (Å²) in [6.07, 6.45) is 0. The van der Waals surface area contributed by atoms with Crippen molar-refractivity contribution in [3.8, 4) is 5.88 Å². The molecule has 4 aromatic rings. The summed E-state index contributed by atoms with van der Waals surface area (Å²) in [5.74, 6) is -1.28. The molecule has 10 heteroatoms. The van der Waals surface area contributed by atoms with Gasteiger partial charge in [0.2, 0.25) is 10.0 Å². The molecule has 1 heterocycles. The Morgan fingerprint density at radius 3 is 2.41 bits per heavy atom.